The summed E-state index contributed by atoms with van der Waals surface area (Å²) in [7, 11) is 0. The zero-order valence-corrected chi connectivity index (χ0v) is 14.4. The molecule has 1 heterocycles. The van der Waals surface area contributed by atoms with Gasteiger partial charge in [-0.2, -0.15) is 0 Å². The van der Waals surface area contributed by atoms with Crippen LogP contribution in [0.15, 0.2) is 0 Å². The summed E-state index contributed by atoms with van der Waals surface area (Å²) in [6.07, 6.45) is 8.85. The summed E-state index contributed by atoms with van der Waals surface area (Å²) in [6, 6.07) is 1.39. The summed E-state index contributed by atoms with van der Waals surface area (Å²) < 4.78 is 0. The van der Waals surface area contributed by atoms with Crippen molar-refractivity contribution in [2.24, 2.45) is 11.8 Å². The maximum atomic E-state index is 10.2. The third kappa shape index (κ3) is 5.54. The van der Waals surface area contributed by atoms with E-state index in [2.05, 4.69) is 31.0 Å². The average Bonchev–Trinajstić information content (AvgIpc) is 2.91. The quantitative estimate of drug-likeness (QED) is 0.758. The van der Waals surface area contributed by atoms with Gasteiger partial charge in [0, 0.05) is 25.2 Å². The molecule has 3 unspecified atom stereocenters. The molecule has 3 heteroatoms. The second-order valence-electron chi connectivity index (χ2n) is 7.75. The van der Waals surface area contributed by atoms with Crippen LogP contribution in [0.5, 0.6) is 0 Å². The second kappa shape index (κ2) is 8.50. The van der Waals surface area contributed by atoms with E-state index in [4.69, 9.17) is 0 Å². The van der Waals surface area contributed by atoms with Crippen molar-refractivity contribution in [2.45, 2.75) is 83.9 Å². The molecule has 2 N–H and O–H groups in total. The molecular weight excluding hydrogens is 260 g/mol. The van der Waals surface area contributed by atoms with Crippen molar-refractivity contribution in [1.82, 2.24) is 10.2 Å². The Balaban J connectivity index is 1.87. The van der Waals surface area contributed by atoms with Crippen LogP contribution < -0.4 is 5.32 Å². The first kappa shape index (κ1) is 17.2. The first-order valence-corrected chi connectivity index (χ1v) is 9.25. The Morgan fingerprint density at radius 1 is 1.14 bits per heavy atom. The number of hydrogen-bond acceptors (Lipinski definition) is 3. The average molecular weight is 296 g/mol. The van der Waals surface area contributed by atoms with Crippen molar-refractivity contribution in [3.05, 3.63) is 0 Å². The number of nitrogens with one attached hydrogen (secondary N) is 1. The van der Waals surface area contributed by atoms with Crippen LogP contribution in [0.4, 0.5) is 0 Å². The molecule has 0 bridgehead atoms. The molecule has 0 aromatic heterocycles. The monoisotopic (exact) mass is 296 g/mol. The van der Waals surface area contributed by atoms with Crippen molar-refractivity contribution in [3.63, 3.8) is 0 Å². The van der Waals surface area contributed by atoms with Crippen molar-refractivity contribution in [3.8, 4) is 0 Å². The van der Waals surface area contributed by atoms with E-state index >= 15 is 0 Å². The summed E-state index contributed by atoms with van der Waals surface area (Å²) in [5, 5.41) is 14.1. The number of nitrogens with zero attached hydrogens (tertiary/aromatic N) is 1. The number of likely N-dealkylation sites (tertiary alicyclic amines) is 1. The van der Waals surface area contributed by atoms with Crippen molar-refractivity contribution < 1.29 is 5.11 Å². The molecule has 0 spiro atoms. The Morgan fingerprint density at radius 2 is 1.86 bits per heavy atom. The van der Waals surface area contributed by atoms with Crippen LogP contribution in [0.25, 0.3) is 0 Å². The minimum Gasteiger partial charge on any atom is -0.393 e. The van der Waals surface area contributed by atoms with Gasteiger partial charge in [0.1, 0.15) is 0 Å². The van der Waals surface area contributed by atoms with E-state index in [1.54, 1.807) is 0 Å². The van der Waals surface area contributed by atoms with Gasteiger partial charge in [0.25, 0.3) is 0 Å². The third-order valence-corrected chi connectivity index (χ3v) is 5.32. The lowest BCUT2D eigenvalue weighted by atomic mass is 9.86. The highest BCUT2D eigenvalue weighted by Gasteiger charge is 2.30. The van der Waals surface area contributed by atoms with Gasteiger partial charge in [0.2, 0.25) is 0 Å². The van der Waals surface area contributed by atoms with Gasteiger partial charge in [-0.1, -0.05) is 33.6 Å². The Hall–Kier alpha value is -0.120. The summed E-state index contributed by atoms with van der Waals surface area (Å²) in [6.45, 7) is 10.1. The van der Waals surface area contributed by atoms with Gasteiger partial charge in [-0.05, 0) is 50.5 Å². The summed E-state index contributed by atoms with van der Waals surface area (Å²) >= 11 is 0. The lowest BCUT2D eigenvalue weighted by Crippen LogP contribution is -2.52. The maximum Gasteiger partial charge on any atom is 0.0566 e. The first-order chi connectivity index (χ1) is 10.1. The molecule has 3 atom stereocenters. The molecule has 124 valence electrons. The first-order valence-electron chi connectivity index (χ1n) is 9.25. The molecule has 21 heavy (non-hydrogen) atoms. The van der Waals surface area contributed by atoms with E-state index in [0.29, 0.717) is 17.9 Å². The molecule has 3 nitrogen and oxygen atoms in total. The molecular formula is C18H36N2O. The number of rotatable bonds is 7. The third-order valence-electron chi connectivity index (χ3n) is 5.32. The lowest BCUT2D eigenvalue weighted by Gasteiger charge is -2.40. The van der Waals surface area contributed by atoms with Gasteiger partial charge < -0.3 is 15.3 Å². The molecule has 1 saturated carbocycles. The number of aliphatic hydroxyl groups is 1. The Labute approximate surface area is 131 Å². The molecule has 0 radical (unpaired) electrons. The van der Waals surface area contributed by atoms with E-state index in [-0.39, 0.29) is 6.10 Å². The predicted octanol–water partition coefficient (Wildman–Crippen LogP) is 3.03. The van der Waals surface area contributed by atoms with Crippen LogP contribution in [-0.2, 0) is 0 Å². The molecule has 1 saturated heterocycles. The SMILES string of the molecule is CCCN1CC(CC(O)C(C)C)CC(NC2CCCC2)C1. The molecule has 2 rings (SSSR count). The summed E-state index contributed by atoms with van der Waals surface area (Å²) in [4.78, 5) is 2.62. The smallest absolute Gasteiger partial charge is 0.0566 e. The standard InChI is InChI=1S/C18H36N2O/c1-4-9-20-12-15(11-18(21)14(2)3)10-17(13-20)19-16-7-5-6-8-16/h14-19,21H,4-13H2,1-3H3. The van der Waals surface area contributed by atoms with E-state index in [0.717, 1.165) is 12.5 Å². The van der Waals surface area contributed by atoms with E-state index in [1.165, 1.54) is 58.2 Å². The van der Waals surface area contributed by atoms with Crippen LogP contribution >= 0.6 is 0 Å². The van der Waals surface area contributed by atoms with Gasteiger partial charge in [-0.15, -0.1) is 0 Å². The zero-order chi connectivity index (χ0) is 15.2. The Kier molecular flexibility index (Phi) is 6.97. The Bertz CT molecular complexity index is 277. The predicted molar refractivity (Wildman–Crippen MR) is 89.5 cm³/mol. The molecule has 2 fully saturated rings. The summed E-state index contributed by atoms with van der Waals surface area (Å²) in [5.74, 6) is 1.04. The normalized spacial score (nSPS) is 30.1. The van der Waals surface area contributed by atoms with Gasteiger partial charge in [-0.3, -0.25) is 0 Å². The van der Waals surface area contributed by atoms with Crippen molar-refractivity contribution in [1.29, 1.82) is 0 Å². The fourth-order valence-electron chi connectivity index (χ4n) is 4.13. The number of piperidine rings is 1. The van der Waals surface area contributed by atoms with E-state index < -0.39 is 0 Å². The number of aliphatic hydroxyl groups excluding tert-OH is 1. The lowest BCUT2D eigenvalue weighted by molar-refractivity contribution is 0.0601. The molecule has 1 aliphatic carbocycles. The molecule has 0 aromatic rings. The second-order valence-corrected chi connectivity index (χ2v) is 7.75. The number of hydrogen-bond donors (Lipinski definition) is 2. The van der Waals surface area contributed by atoms with Crippen LogP contribution in [0.3, 0.4) is 0 Å². The molecule has 0 aromatic carbocycles. The van der Waals surface area contributed by atoms with Crippen LogP contribution in [0.1, 0.15) is 65.7 Å². The fourth-order valence-corrected chi connectivity index (χ4v) is 4.13. The van der Waals surface area contributed by atoms with Gasteiger partial charge in [-0.25, -0.2) is 0 Å². The van der Waals surface area contributed by atoms with E-state index in [9.17, 15) is 5.11 Å². The zero-order valence-electron chi connectivity index (χ0n) is 14.4. The van der Waals surface area contributed by atoms with Gasteiger partial charge >= 0.3 is 0 Å². The molecule has 1 aliphatic heterocycles. The highest BCUT2D eigenvalue weighted by molar-refractivity contribution is 4.88. The largest absolute Gasteiger partial charge is 0.393 e. The van der Waals surface area contributed by atoms with Gasteiger partial charge in [0.15, 0.2) is 0 Å². The van der Waals surface area contributed by atoms with Crippen LogP contribution in [0.2, 0.25) is 0 Å². The molecule has 2 aliphatic rings. The highest BCUT2D eigenvalue weighted by Crippen LogP contribution is 2.26. The van der Waals surface area contributed by atoms with Crippen molar-refractivity contribution >= 4 is 0 Å². The topological polar surface area (TPSA) is 35.5 Å². The van der Waals surface area contributed by atoms with Gasteiger partial charge in [0.05, 0.1) is 6.10 Å². The van der Waals surface area contributed by atoms with Crippen LogP contribution in [-0.4, -0.2) is 47.8 Å². The van der Waals surface area contributed by atoms with Crippen molar-refractivity contribution in [2.75, 3.05) is 19.6 Å². The van der Waals surface area contributed by atoms with E-state index in [1.807, 2.05) is 0 Å². The van der Waals surface area contributed by atoms with Crippen LogP contribution in [0, 0.1) is 11.8 Å². The summed E-state index contributed by atoms with van der Waals surface area (Å²) in [5.41, 5.74) is 0. The Morgan fingerprint density at radius 3 is 2.48 bits per heavy atom. The maximum absolute atomic E-state index is 10.2. The minimum atomic E-state index is -0.135. The highest BCUT2D eigenvalue weighted by atomic mass is 16.3. The minimum absolute atomic E-state index is 0.135. The fraction of sp³-hybridized carbons (Fsp3) is 1.00. The molecule has 0 amide bonds.